The van der Waals surface area contributed by atoms with Crippen LogP contribution in [0.1, 0.15) is 27.5 Å². The molecule has 0 saturated heterocycles. The average molecular weight is 440 g/mol. The van der Waals surface area contributed by atoms with E-state index in [4.69, 9.17) is 9.47 Å². The van der Waals surface area contributed by atoms with Crippen molar-refractivity contribution in [3.8, 4) is 11.5 Å². The Balaban J connectivity index is 1.44. The van der Waals surface area contributed by atoms with Crippen LogP contribution in [-0.4, -0.2) is 36.6 Å². The van der Waals surface area contributed by atoms with E-state index in [0.717, 1.165) is 44.4 Å². The Hall–Kier alpha value is -4.19. The third-order valence-electron chi connectivity index (χ3n) is 6.06. The number of carbonyl (C=O) groups excluding carboxylic acids is 1. The summed E-state index contributed by atoms with van der Waals surface area (Å²) in [6.45, 7) is 0.450. The van der Waals surface area contributed by atoms with Crippen molar-refractivity contribution in [3.63, 3.8) is 0 Å². The standard InChI is InChI=1S/C27H25N3O3/c1-32-19-10-7-17(8-11-19)22(23-16-28-24-6-4-3-5-21(23)24)15-29-27(31)26-13-18-9-12-20(33-2)14-25(18)30-26/h3-14,16,22,28,30H,15H2,1-2H3,(H,29,31). The molecule has 1 atom stereocenters. The number of benzene rings is 3. The van der Waals surface area contributed by atoms with E-state index in [2.05, 4.69) is 27.4 Å². The van der Waals surface area contributed by atoms with Gasteiger partial charge in [0.2, 0.25) is 0 Å². The molecule has 0 fully saturated rings. The summed E-state index contributed by atoms with van der Waals surface area (Å²) in [5.74, 6) is 1.37. The minimum atomic E-state index is -0.150. The highest BCUT2D eigenvalue weighted by molar-refractivity contribution is 5.98. The Bertz CT molecular complexity index is 1420. The predicted octanol–water partition coefficient (Wildman–Crippen LogP) is 5.23. The van der Waals surface area contributed by atoms with Crippen LogP contribution >= 0.6 is 0 Å². The van der Waals surface area contributed by atoms with Gasteiger partial charge in [0.15, 0.2) is 0 Å². The molecule has 0 bridgehead atoms. The molecule has 0 aliphatic rings. The first-order valence-corrected chi connectivity index (χ1v) is 10.8. The highest BCUT2D eigenvalue weighted by Gasteiger charge is 2.20. The quantitative estimate of drug-likeness (QED) is 0.325. The maximum Gasteiger partial charge on any atom is 0.267 e. The van der Waals surface area contributed by atoms with Crippen LogP contribution in [0.5, 0.6) is 11.5 Å². The van der Waals surface area contributed by atoms with Gasteiger partial charge in [0.1, 0.15) is 17.2 Å². The fraction of sp³-hybridized carbons (Fsp3) is 0.148. The third kappa shape index (κ3) is 4.03. The monoisotopic (exact) mass is 439 g/mol. The fourth-order valence-electron chi connectivity index (χ4n) is 4.27. The average Bonchev–Trinajstić information content (AvgIpc) is 3.48. The molecule has 5 aromatic rings. The number of aromatic amines is 2. The molecule has 6 nitrogen and oxygen atoms in total. The molecule has 0 radical (unpaired) electrons. The third-order valence-corrected chi connectivity index (χ3v) is 6.06. The van der Waals surface area contributed by atoms with Gasteiger partial charge in [0, 0.05) is 46.5 Å². The first-order chi connectivity index (χ1) is 16.2. The number of carbonyl (C=O) groups is 1. The Kier molecular flexibility index (Phi) is 5.48. The largest absolute Gasteiger partial charge is 0.497 e. The molecule has 1 unspecified atom stereocenters. The summed E-state index contributed by atoms with van der Waals surface area (Å²) >= 11 is 0. The number of para-hydroxylation sites is 1. The molecule has 6 heteroatoms. The van der Waals surface area contributed by atoms with Gasteiger partial charge in [-0.15, -0.1) is 0 Å². The molecular weight excluding hydrogens is 414 g/mol. The normalized spacial score (nSPS) is 12.1. The molecule has 0 spiro atoms. The fourth-order valence-corrected chi connectivity index (χ4v) is 4.27. The summed E-state index contributed by atoms with van der Waals surface area (Å²) in [5, 5.41) is 5.23. The lowest BCUT2D eigenvalue weighted by Gasteiger charge is -2.18. The first-order valence-electron chi connectivity index (χ1n) is 10.8. The summed E-state index contributed by atoms with van der Waals surface area (Å²) in [6.07, 6.45) is 2.03. The number of hydrogen-bond donors (Lipinski definition) is 3. The van der Waals surface area contributed by atoms with Crippen molar-refractivity contribution >= 4 is 27.7 Å². The van der Waals surface area contributed by atoms with Crippen molar-refractivity contribution < 1.29 is 14.3 Å². The lowest BCUT2D eigenvalue weighted by molar-refractivity contribution is 0.0948. The molecule has 166 valence electrons. The molecule has 0 saturated carbocycles. The van der Waals surface area contributed by atoms with Crippen LogP contribution in [0.3, 0.4) is 0 Å². The number of aromatic nitrogens is 2. The van der Waals surface area contributed by atoms with Crippen LogP contribution in [-0.2, 0) is 0 Å². The summed E-state index contributed by atoms with van der Waals surface area (Å²) in [4.78, 5) is 19.6. The maximum atomic E-state index is 13.0. The van der Waals surface area contributed by atoms with Crippen molar-refractivity contribution in [2.24, 2.45) is 0 Å². The number of fused-ring (bicyclic) bond motifs is 2. The lowest BCUT2D eigenvalue weighted by Crippen LogP contribution is -2.29. The van der Waals surface area contributed by atoms with Crippen molar-refractivity contribution in [1.82, 2.24) is 15.3 Å². The summed E-state index contributed by atoms with van der Waals surface area (Å²) in [5.41, 5.74) is 4.69. The molecule has 5 rings (SSSR count). The van der Waals surface area contributed by atoms with Crippen molar-refractivity contribution in [2.45, 2.75) is 5.92 Å². The van der Waals surface area contributed by atoms with Crippen LogP contribution in [0.4, 0.5) is 0 Å². The van der Waals surface area contributed by atoms with E-state index >= 15 is 0 Å². The zero-order valence-corrected chi connectivity index (χ0v) is 18.5. The number of amides is 1. The van der Waals surface area contributed by atoms with Crippen LogP contribution in [0.2, 0.25) is 0 Å². The molecule has 0 aliphatic heterocycles. The number of H-pyrrole nitrogens is 2. The smallest absolute Gasteiger partial charge is 0.267 e. The molecular formula is C27H25N3O3. The zero-order valence-electron chi connectivity index (χ0n) is 18.5. The highest BCUT2D eigenvalue weighted by atomic mass is 16.5. The van der Waals surface area contributed by atoms with Gasteiger partial charge >= 0.3 is 0 Å². The predicted molar refractivity (Wildman–Crippen MR) is 130 cm³/mol. The first kappa shape index (κ1) is 20.7. The van der Waals surface area contributed by atoms with E-state index in [9.17, 15) is 4.79 Å². The van der Waals surface area contributed by atoms with Crippen LogP contribution in [0.25, 0.3) is 21.8 Å². The topological polar surface area (TPSA) is 79.1 Å². The summed E-state index contributed by atoms with van der Waals surface area (Å²) < 4.78 is 10.6. The Morgan fingerprint density at radius 2 is 1.67 bits per heavy atom. The lowest BCUT2D eigenvalue weighted by atomic mass is 9.90. The van der Waals surface area contributed by atoms with Crippen LogP contribution in [0, 0.1) is 0 Å². The number of hydrogen-bond acceptors (Lipinski definition) is 3. The van der Waals surface area contributed by atoms with Crippen molar-refractivity contribution in [3.05, 3.63) is 95.8 Å². The van der Waals surface area contributed by atoms with Gasteiger partial charge in [-0.25, -0.2) is 0 Å². The highest BCUT2D eigenvalue weighted by Crippen LogP contribution is 2.31. The van der Waals surface area contributed by atoms with Gasteiger partial charge in [-0.05, 0) is 47.5 Å². The number of rotatable bonds is 7. The van der Waals surface area contributed by atoms with Crippen molar-refractivity contribution in [1.29, 1.82) is 0 Å². The summed E-state index contributed by atoms with van der Waals surface area (Å²) in [6, 6.07) is 23.8. The van der Waals surface area contributed by atoms with Gasteiger partial charge < -0.3 is 24.8 Å². The molecule has 33 heavy (non-hydrogen) atoms. The van der Waals surface area contributed by atoms with Gasteiger partial charge in [0.25, 0.3) is 5.91 Å². The van der Waals surface area contributed by atoms with E-state index in [1.165, 1.54) is 0 Å². The zero-order chi connectivity index (χ0) is 22.8. The van der Waals surface area contributed by atoms with Crippen LogP contribution in [0.15, 0.2) is 79.0 Å². The number of nitrogens with one attached hydrogen (secondary N) is 3. The molecule has 3 aromatic carbocycles. The number of ether oxygens (including phenoxy) is 2. The second-order valence-corrected chi connectivity index (χ2v) is 7.96. The van der Waals surface area contributed by atoms with Gasteiger partial charge in [-0.1, -0.05) is 30.3 Å². The minimum absolute atomic E-state index is 0.0273. The van der Waals surface area contributed by atoms with E-state index in [0.29, 0.717) is 12.2 Å². The molecule has 1 amide bonds. The molecule has 0 aliphatic carbocycles. The van der Waals surface area contributed by atoms with E-state index in [1.54, 1.807) is 14.2 Å². The van der Waals surface area contributed by atoms with Gasteiger partial charge in [-0.2, -0.15) is 0 Å². The Labute approximate surface area is 191 Å². The summed E-state index contributed by atoms with van der Waals surface area (Å²) in [7, 11) is 3.28. The van der Waals surface area contributed by atoms with Gasteiger partial charge in [0.05, 0.1) is 14.2 Å². The molecule has 3 N–H and O–H groups in total. The molecule has 2 aromatic heterocycles. The Morgan fingerprint density at radius 1 is 0.909 bits per heavy atom. The maximum absolute atomic E-state index is 13.0. The second-order valence-electron chi connectivity index (χ2n) is 7.96. The minimum Gasteiger partial charge on any atom is -0.497 e. The second kappa shape index (κ2) is 8.74. The van der Waals surface area contributed by atoms with Crippen LogP contribution < -0.4 is 14.8 Å². The van der Waals surface area contributed by atoms with Crippen molar-refractivity contribution in [2.75, 3.05) is 20.8 Å². The Morgan fingerprint density at radius 3 is 2.45 bits per heavy atom. The van der Waals surface area contributed by atoms with Gasteiger partial charge in [-0.3, -0.25) is 4.79 Å². The van der Waals surface area contributed by atoms with E-state index in [1.807, 2.05) is 66.9 Å². The van der Waals surface area contributed by atoms with E-state index in [-0.39, 0.29) is 11.8 Å². The van der Waals surface area contributed by atoms with E-state index < -0.39 is 0 Å². The SMILES string of the molecule is COc1ccc(C(CNC(=O)c2cc3ccc(OC)cc3[nH]2)c2c[nH]c3ccccc23)cc1. The molecule has 2 heterocycles. The number of methoxy groups -OCH3 is 2.